The second kappa shape index (κ2) is 7.19. The fourth-order valence-corrected chi connectivity index (χ4v) is 4.51. The largest absolute Gasteiger partial charge is 0.440 e. The molecule has 0 saturated carbocycles. The average molecular weight is 419 g/mol. The van der Waals surface area contributed by atoms with Crippen molar-refractivity contribution < 1.29 is 4.42 Å². The number of hydrogen-bond donors (Lipinski definition) is 0. The zero-order valence-corrected chi connectivity index (χ0v) is 17.2. The second-order valence-electron chi connectivity index (χ2n) is 7.64. The van der Waals surface area contributed by atoms with E-state index in [1.165, 1.54) is 0 Å². The molecule has 2 aromatic heterocycles. The van der Waals surface area contributed by atoms with E-state index in [1.807, 2.05) is 36.4 Å². The predicted molar refractivity (Wildman–Crippen MR) is 117 cm³/mol. The lowest BCUT2D eigenvalue weighted by Gasteiger charge is -2.33. The zero-order chi connectivity index (χ0) is 20.8. The number of rotatable bonds is 2. The molecule has 150 valence electrons. The van der Waals surface area contributed by atoms with Gasteiger partial charge in [-0.15, -0.1) is 0 Å². The first-order valence-corrected chi connectivity index (χ1v) is 10.3. The minimum Gasteiger partial charge on any atom is -0.440 e. The number of aromatic nitrogens is 2. The van der Waals surface area contributed by atoms with Gasteiger partial charge >= 0.3 is 0 Å². The number of halogens is 1. The van der Waals surface area contributed by atoms with Crippen LogP contribution in [-0.4, -0.2) is 22.6 Å². The highest BCUT2D eigenvalue weighted by atomic mass is 35.5. The molecule has 2 aromatic carbocycles. The Morgan fingerprint density at radius 3 is 2.73 bits per heavy atom. The first-order valence-electron chi connectivity index (χ1n) is 9.89. The maximum Gasteiger partial charge on any atom is 0.270 e. The Hall–Kier alpha value is -3.30. The predicted octanol–water partition coefficient (Wildman–Crippen LogP) is 4.59. The smallest absolute Gasteiger partial charge is 0.270 e. The lowest BCUT2D eigenvalue weighted by Crippen LogP contribution is -2.35. The lowest BCUT2D eigenvalue weighted by atomic mass is 9.95. The SMILES string of the molecule is Cn1c(=O)c(C#N)c(N2CCC(c3nc4ccc(Cl)cc4o3)CC2)c2ccccc21. The van der Waals surface area contributed by atoms with Gasteiger partial charge in [-0.2, -0.15) is 5.26 Å². The minimum atomic E-state index is -0.260. The molecule has 1 aliphatic heterocycles. The van der Waals surface area contributed by atoms with Crippen LogP contribution in [0, 0.1) is 11.3 Å². The Bertz CT molecular complexity index is 1370. The van der Waals surface area contributed by atoms with E-state index in [4.69, 9.17) is 16.0 Å². The van der Waals surface area contributed by atoms with E-state index >= 15 is 0 Å². The Kier molecular flexibility index (Phi) is 4.48. The van der Waals surface area contributed by atoms with E-state index in [0.29, 0.717) is 10.6 Å². The molecule has 0 N–H and O–H groups in total. The van der Waals surface area contributed by atoms with Gasteiger partial charge in [0.25, 0.3) is 5.56 Å². The van der Waals surface area contributed by atoms with Gasteiger partial charge in [0.15, 0.2) is 11.5 Å². The molecular weight excluding hydrogens is 400 g/mol. The van der Waals surface area contributed by atoms with Gasteiger partial charge in [0.2, 0.25) is 0 Å². The molecule has 1 fully saturated rings. The van der Waals surface area contributed by atoms with Crippen molar-refractivity contribution in [2.24, 2.45) is 7.05 Å². The van der Waals surface area contributed by atoms with Crippen LogP contribution in [0.4, 0.5) is 5.69 Å². The Balaban J connectivity index is 1.48. The van der Waals surface area contributed by atoms with Gasteiger partial charge in [0, 0.05) is 42.5 Å². The molecule has 0 unspecified atom stereocenters. The third-order valence-electron chi connectivity index (χ3n) is 5.92. The Morgan fingerprint density at radius 1 is 1.20 bits per heavy atom. The van der Waals surface area contributed by atoms with Crippen molar-refractivity contribution >= 4 is 39.3 Å². The van der Waals surface area contributed by atoms with Crippen molar-refractivity contribution in [2.75, 3.05) is 18.0 Å². The molecule has 7 heteroatoms. The van der Waals surface area contributed by atoms with Crippen molar-refractivity contribution in [1.29, 1.82) is 5.26 Å². The van der Waals surface area contributed by atoms with Crippen LogP contribution in [-0.2, 0) is 7.05 Å². The molecule has 1 aliphatic rings. The van der Waals surface area contributed by atoms with Gasteiger partial charge in [-0.3, -0.25) is 4.79 Å². The summed E-state index contributed by atoms with van der Waals surface area (Å²) in [5.41, 5.74) is 3.01. The van der Waals surface area contributed by atoms with Gasteiger partial charge in [-0.05, 0) is 31.0 Å². The summed E-state index contributed by atoms with van der Waals surface area (Å²) >= 11 is 6.05. The Labute approximate surface area is 177 Å². The van der Waals surface area contributed by atoms with Gasteiger partial charge in [0.05, 0.1) is 11.2 Å². The summed E-state index contributed by atoms with van der Waals surface area (Å²) in [6.45, 7) is 1.44. The number of fused-ring (bicyclic) bond motifs is 2. The summed E-state index contributed by atoms with van der Waals surface area (Å²) in [7, 11) is 1.71. The average Bonchev–Trinajstić information content (AvgIpc) is 3.19. The molecule has 0 atom stereocenters. The fourth-order valence-electron chi connectivity index (χ4n) is 4.35. The van der Waals surface area contributed by atoms with Crippen molar-refractivity contribution in [3.8, 4) is 6.07 Å². The quantitative estimate of drug-likeness (QED) is 0.476. The Morgan fingerprint density at radius 2 is 1.97 bits per heavy atom. The summed E-state index contributed by atoms with van der Waals surface area (Å²) in [4.78, 5) is 19.6. The van der Waals surface area contributed by atoms with Gasteiger partial charge < -0.3 is 13.9 Å². The number of piperidine rings is 1. The molecule has 0 bridgehead atoms. The van der Waals surface area contributed by atoms with Gasteiger partial charge in [-0.25, -0.2) is 4.98 Å². The highest BCUT2D eigenvalue weighted by Gasteiger charge is 2.28. The third-order valence-corrected chi connectivity index (χ3v) is 6.15. The van der Waals surface area contributed by atoms with Crippen molar-refractivity contribution in [3.63, 3.8) is 0 Å². The summed E-state index contributed by atoms with van der Waals surface area (Å²) in [6.07, 6.45) is 1.66. The van der Waals surface area contributed by atoms with Crippen LogP contribution < -0.4 is 10.5 Å². The number of nitriles is 1. The number of pyridine rings is 1. The molecular formula is C23H19ClN4O2. The van der Waals surface area contributed by atoms with E-state index < -0.39 is 0 Å². The zero-order valence-electron chi connectivity index (χ0n) is 16.4. The number of anilines is 1. The van der Waals surface area contributed by atoms with Crippen molar-refractivity contribution in [1.82, 2.24) is 9.55 Å². The molecule has 0 aliphatic carbocycles. The van der Waals surface area contributed by atoms with E-state index in [9.17, 15) is 10.1 Å². The van der Waals surface area contributed by atoms with Gasteiger partial charge in [-0.1, -0.05) is 29.8 Å². The first-order chi connectivity index (χ1) is 14.6. The van der Waals surface area contributed by atoms with Crippen LogP contribution in [0.15, 0.2) is 51.7 Å². The standard InChI is InChI=1S/C23H19ClN4O2/c1-27-19-5-3-2-4-16(19)21(17(13-25)23(27)29)28-10-8-14(9-11-28)22-26-18-7-6-15(24)12-20(18)30-22/h2-7,12,14H,8-11H2,1H3. The molecule has 30 heavy (non-hydrogen) atoms. The fraction of sp³-hybridized carbons (Fsp3) is 0.261. The van der Waals surface area contributed by atoms with Crippen LogP contribution in [0.1, 0.15) is 30.2 Å². The molecule has 5 rings (SSSR count). The summed E-state index contributed by atoms with van der Waals surface area (Å²) in [6, 6.07) is 15.3. The molecule has 0 amide bonds. The van der Waals surface area contributed by atoms with E-state index in [2.05, 4.69) is 16.0 Å². The number of nitrogens with zero attached hydrogens (tertiary/aromatic N) is 4. The second-order valence-corrected chi connectivity index (χ2v) is 8.08. The highest BCUT2D eigenvalue weighted by Crippen LogP contribution is 2.35. The number of para-hydroxylation sites is 1. The van der Waals surface area contributed by atoms with Crippen LogP contribution in [0.5, 0.6) is 0 Å². The molecule has 3 heterocycles. The minimum absolute atomic E-state index is 0.191. The van der Waals surface area contributed by atoms with Crippen LogP contribution in [0.25, 0.3) is 22.0 Å². The van der Waals surface area contributed by atoms with E-state index in [-0.39, 0.29) is 17.0 Å². The lowest BCUT2D eigenvalue weighted by molar-refractivity contribution is 0.407. The first kappa shape index (κ1) is 18.7. The van der Waals surface area contributed by atoms with E-state index in [1.54, 1.807) is 17.7 Å². The summed E-state index contributed by atoms with van der Waals surface area (Å²) in [5, 5.41) is 11.3. The summed E-state index contributed by atoms with van der Waals surface area (Å²) in [5.74, 6) is 0.914. The number of aryl methyl sites for hydroxylation is 1. The monoisotopic (exact) mass is 418 g/mol. The van der Waals surface area contributed by atoms with Crippen LogP contribution in [0.3, 0.4) is 0 Å². The molecule has 1 saturated heterocycles. The molecule has 6 nitrogen and oxygen atoms in total. The van der Waals surface area contributed by atoms with Crippen molar-refractivity contribution in [2.45, 2.75) is 18.8 Å². The number of hydrogen-bond acceptors (Lipinski definition) is 5. The number of benzene rings is 2. The van der Waals surface area contributed by atoms with E-state index in [0.717, 1.165) is 53.9 Å². The topological polar surface area (TPSA) is 75.1 Å². The maximum atomic E-state index is 12.8. The highest BCUT2D eigenvalue weighted by molar-refractivity contribution is 6.31. The normalized spacial score (nSPS) is 15.0. The molecule has 4 aromatic rings. The van der Waals surface area contributed by atoms with Crippen LogP contribution in [0.2, 0.25) is 5.02 Å². The maximum absolute atomic E-state index is 12.8. The van der Waals surface area contributed by atoms with Gasteiger partial charge in [0.1, 0.15) is 17.1 Å². The molecule has 0 radical (unpaired) electrons. The van der Waals surface area contributed by atoms with Crippen molar-refractivity contribution in [3.05, 3.63) is 69.3 Å². The number of oxazole rings is 1. The summed E-state index contributed by atoms with van der Waals surface area (Å²) < 4.78 is 7.51. The van der Waals surface area contributed by atoms with Crippen LogP contribution >= 0.6 is 11.6 Å². The third kappa shape index (κ3) is 2.94. The molecule has 0 spiro atoms.